The predicted octanol–water partition coefficient (Wildman–Crippen LogP) is 4.30. The Kier molecular flexibility index (Phi) is 6.56. The first-order chi connectivity index (χ1) is 12.3. The summed E-state index contributed by atoms with van der Waals surface area (Å²) in [4.78, 5) is 26.0. The zero-order valence-electron chi connectivity index (χ0n) is 16.3. The second-order valence-electron chi connectivity index (χ2n) is 7.00. The van der Waals surface area contributed by atoms with Crippen LogP contribution in [0.15, 0.2) is 36.4 Å². The molecule has 0 aromatic heterocycles. The molecule has 0 aliphatic rings. The van der Waals surface area contributed by atoms with Crippen LogP contribution in [0, 0.1) is 27.7 Å². The van der Waals surface area contributed by atoms with Crippen molar-refractivity contribution in [3.63, 3.8) is 0 Å². The van der Waals surface area contributed by atoms with Crippen molar-refractivity contribution in [2.75, 3.05) is 11.9 Å². The zero-order valence-corrected chi connectivity index (χ0v) is 16.3. The molecule has 0 atom stereocenters. The van der Waals surface area contributed by atoms with Crippen LogP contribution in [0.25, 0.3) is 0 Å². The summed E-state index contributed by atoms with van der Waals surface area (Å²) in [5, 5.41) is 3.00. The Bertz CT molecular complexity index is 789. The lowest BCUT2D eigenvalue weighted by Crippen LogP contribution is -2.31. The van der Waals surface area contributed by atoms with Crippen molar-refractivity contribution in [2.24, 2.45) is 0 Å². The van der Waals surface area contributed by atoms with E-state index in [1.807, 2.05) is 45.9 Å². The quantitative estimate of drug-likeness (QED) is 0.843. The molecule has 4 nitrogen and oxygen atoms in total. The highest BCUT2D eigenvalue weighted by Crippen LogP contribution is 2.22. The molecule has 2 amide bonds. The van der Waals surface area contributed by atoms with E-state index in [-0.39, 0.29) is 18.2 Å². The van der Waals surface area contributed by atoms with E-state index >= 15 is 0 Å². The molecule has 0 fully saturated rings. The van der Waals surface area contributed by atoms with Gasteiger partial charge in [-0.2, -0.15) is 0 Å². The SMILES string of the molecule is CC(=O)N(CCC(=O)Nc1c(C)cc(C)cc1C)Cc1cccc(C)c1. The highest BCUT2D eigenvalue weighted by molar-refractivity contribution is 5.92. The van der Waals surface area contributed by atoms with Crippen LogP contribution in [-0.4, -0.2) is 23.3 Å². The summed E-state index contributed by atoms with van der Waals surface area (Å²) < 4.78 is 0. The van der Waals surface area contributed by atoms with Crippen LogP contribution < -0.4 is 5.32 Å². The maximum Gasteiger partial charge on any atom is 0.226 e. The van der Waals surface area contributed by atoms with Crippen molar-refractivity contribution < 1.29 is 9.59 Å². The summed E-state index contributed by atoms with van der Waals surface area (Å²) in [6.45, 7) is 10.5. The van der Waals surface area contributed by atoms with Crippen molar-refractivity contribution in [1.29, 1.82) is 0 Å². The Labute approximate surface area is 156 Å². The largest absolute Gasteiger partial charge is 0.338 e. The first-order valence-corrected chi connectivity index (χ1v) is 8.95. The molecule has 0 saturated carbocycles. The van der Waals surface area contributed by atoms with E-state index in [4.69, 9.17) is 0 Å². The Morgan fingerprint density at radius 3 is 2.19 bits per heavy atom. The Morgan fingerprint density at radius 1 is 0.962 bits per heavy atom. The summed E-state index contributed by atoms with van der Waals surface area (Å²) >= 11 is 0. The number of aryl methyl sites for hydroxylation is 4. The van der Waals surface area contributed by atoms with E-state index in [0.29, 0.717) is 13.1 Å². The number of nitrogens with one attached hydrogen (secondary N) is 1. The molecule has 0 aliphatic carbocycles. The molecule has 0 heterocycles. The number of carbonyl (C=O) groups excluding carboxylic acids is 2. The van der Waals surface area contributed by atoms with E-state index < -0.39 is 0 Å². The number of nitrogens with zero attached hydrogens (tertiary/aromatic N) is 1. The van der Waals surface area contributed by atoms with Gasteiger partial charge in [-0.15, -0.1) is 0 Å². The van der Waals surface area contributed by atoms with Gasteiger partial charge in [0.25, 0.3) is 0 Å². The van der Waals surface area contributed by atoms with Gasteiger partial charge in [0.1, 0.15) is 0 Å². The average Bonchev–Trinajstić information content (AvgIpc) is 2.54. The van der Waals surface area contributed by atoms with Crippen LogP contribution in [0.2, 0.25) is 0 Å². The number of benzene rings is 2. The summed E-state index contributed by atoms with van der Waals surface area (Å²) in [5.41, 5.74) is 6.39. The molecule has 0 aliphatic heterocycles. The highest BCUT2D eigenvalue weighted by atomic mass is 16.2. The second-order valence-corrected chi connectivity index (χ2v) is 7.00. The van der Waals surface area contributed by atoms with Gasteiger partial charge < -0.3 is 10.2 Å². The summed E-state index contributed by atoms with van der Waals surface area (Å²) in [5.74, 6) is -0.0995. The van der Waals surface area contributed by atoms with E-state index in [1.165, 1.54) is 5.56 Å². The second kappa shape index (κ2) is 8.65. The van der Waals surface area contributed by atoms with Gasteiger partial charge in [-0.25, -0.2) is 0 Å². The predicted molar refractivity (Wildman–Crippen MR) is 106 cm³/mol. The lowest BCUT2D eigenvalue weighted by atomic mass is 10.0. The van der Waals surface area contributed by atoms with Crippen LogP contribution in [-0.2, 0) is 16.1 Å². The van der Waals surface area contributed by atoms with Gasteiger partial charge in [-0.3, -0.25) is 9.59 Å². The molecule has 26 heavy (non-hydrogen) atoms. The first kappa shape index (κ1) is 19.7. The fourth-order valence-electron chi connectivity index (χ4n) is 3.19. The Balaban J connectivity index is 1.98. The van der Waals surface area contributed by atoms with Gasteiger partial charge in [0.05, 0.1) is 0 Å². The minimum atomic E-state index is -0.0736. The van der Waals surface area contributed by atoms with Gasteiger partial charge in [-0.1, -0.05) is 47.5 Å². The third kappa shape index (κ3) is 5.45. The van der Waals surface area contributed by atoms with E-state index in [0.717, 1.165) is 27.9 Å². The maximum absolute atomic E-state index is 12.4. The molecule has 0 unspecified atom stereocenters. The smallest absolute Gasteiger partial charge is 0.226 e. The summed E-state index contributed by atoms with van der Waals surface area (Å²) in [6, 6.07) is 12.2. The minimum absolute atomic E-state index is 0.0259. The van der Waals surface area contributed by atoms with E-state index in [9.17, 15) is 9.59 Å². The normalized spacial score (nSPS) is 10.5. The van der Waals surface area contributed by atoms with Crippen molar-refractivity contribution in [3.8, 4) is 0 Å². The van der Waals surface area contributed by atoms with Crippen molar-refractivity contribution >= 4 is 17.5 Å². The van der Waals surface area contributed by atoms with Crippen LogP contribution in [0.5, 0.6) is 0 Å². The number of carbonyl (C=O) groups is 2. The highest BCUT2D eigenvalue weighted by Gasteiger charge is 2.13. The standard InChI is InChI=1S/C22H28N2O2/c1-15-7-6-8-20(13-15)14-24(19(5)25)10-9-21(26)23-22-17(3)11-16(2)12-18(22)4/h6-8,11-13H,9-10,14H2,1-5H3,(H,23,26). The summed E-state index contributed by atoms with van der Waals surface area (Å²) in [7, 11) is 0. The number of anilines is 1. The number of hydrogen-bond acceptors (Lipinski definition) is 2. The molecule has 2 aromatic rings. The van der Waals surface area contributed by atoms with Gasteiger partial charge in [-0.05, 0) is 44.4 Å². The molecule has 138 valence electrons. The van der Waals surface area contributed by atoms with E-state index in [2.05, 4.69) is 23.5 Å². The van der Waals surface area contributed by atoms with Gasteiger partial charge >= 0.3 is 0 Å². The molecule has 2 rings (SSSR count). The molecule has 4 heteroatoms. The monoisotopic (exact) mass is 352 g/mol. The fraction of sp³-hybridized carbons (Fsp3) is 0.364. The molecule has 0 spiro atoms. The minimum Gasteiger partial charge on any atom is -0.338 e. The van der Waals surface area contributed by atoms with Gasteiger partial charge in [0.15, 0.2) is 0 Å². The van der Waals surface area contributed by atoms with E-state index in [1.54, 1.807) is 11.8 Å². The van der Waals surface area contributed by atoms with Gasteiger partial charge in [0.2, 0.25) is 11.8 Å². The van der Waals surface area contributed by atoms with Crippen LogP contribution in [0.1, 0.15) is 41.2 Å². The van der Waals surface area contributed by atoms with Crippen molar-refractivity contribution in [2.45, 2.75) is 47.6 Å². The lowest BCUT2D eigenvalue weighted by Gasteiger charge is -2.21. The Morgan fingerprint density at radius 2 is 1.62 bits per heavy atom. The molecular formula is C22H28N2O2. The fourth-order valence-corrected chi connectivity index (χ4v) is 3.19. The molecule has 0 radical (unpaired) electrons. The average molecular weight is 352 g/mol. The zero-order chi connectivity index (χ0) is 19.3. The van der Waals surface area contributed by atoms with Crippen LogP contribution in [0.3, 0.4) is 0 Å². The van der Waals surface area contributed by atoms with Crippen molar-refractivity contribution in [3.05, 3.63) is 64.2 Å². The van der Waals surface area contributed by atoms with Crippen molar-refractivity contribution in [1.82, 2.24) is 4.90 Å². The molecule has 2 aromatic carbocycles. The van der Waals surface area contributed by atoms with Gasteiger partial charge in [0, 0.05) is 32.1 Å². The molecular weight excluding hydrogens is 324 g/mol. The first-order valence-electron chi connectivity index (χ1n) is 8.95. The Hall–Kier alpha value is -2.62. The molecule has 1 N–H and O–H groups in total. The third-order valence-electron chi connectivity index (χ3n) is 4.45. The topological polar surface area (TPSA) is 49.4 Å². The number of amides is 2. The maximum atomic E-state index is 12.4. The molecule has 0 saturated heterocycles. The van der Waals surface area contributed by atoms with Crippen LogP contribution >= 0.6 is 0 Å². The lowest BCUT2D eigenvalue weighted by molar-refractivity contribution is -0.129. The molecule has 0 bridgehead atoms. The summed E-state index contributed by atoms with van der Waals surface area (Å²) in [6.07, 6.45) is 0.276. The van der Waals surface area contributed by atoms with Crippen LogP contribution in [0.4, 0.5) is 5.69 Å². The third-order valence-corrected chi connectivity index (χ3v) is 4.45. The number of hydrogen-bond donors (Lipinski definition) is 1. The number of rotatable bonds is 6.